The van der Waals surface area contributed by atoms with Gasteiger partial charge in [0.05, 0.1) is 5.56 Å². The number of amides is 1. The zero-order valence-corrected chi connectivity index (χ0v) is 11.0. The molecule has 1 amide bonds. The van der Waals surface area contributed by atoms with Crippen molar-refractivity contribution < 1.29 is 4.79 Å². The van der Waals surface area contributed by atoms with Gasteiger partial charge < -0.3 is 10.2 Å². The van der Waals surface area contributed by atoms with Gasteiger partial charge in [-0.3, -0.25) is 4.79 Å². The van der Waals surface area contributed by atoms with Gasteiger partial charge in [-0.05, 0) is 24.5 Å². The zero-order chi connectivity index (χ0) is 12.8. The van der Waals surface area contributed by atoms with Crippen molar-refractivity contribution in [1.29, 1.82) is 0 Å². The van der Waals surface area contributed by atoms with E-state index in [4.69, 9.17) is 0 Å². The van der Waals surface area contributed by atoms with Gasteiger partial charge in [0.1, 0.15) is 5.82 Å². The van der Waals surface area contributed by atoms with Gasteiger partial charge in [0.25, 0.3) is 5.91 Å². The van der Waals surface area contributed by atoms with E-state index in [1.165, 1.54) is 0 Å². The molecule has 0 saturated heterocycles. The van der Waals surface area contributed by atoms with Gasteiger partial charge in [-0.2, -0.15) is 0 Å². The van der Waals surface area contributed by atoms with Gasteiger partial charge in [-0.15, -0.1) is 0 Å². The first-order valence-corrected chi connectivity index (χ1v) is 5.92. The number of anilines is 1. The Hall–Kier alpha value is -1.58. The molecule has 1 rings (SSSR count). The third-order valence-electron chi connectivity index (χ3n) is 2.44. The van der Waals surface area contributed by atoms with Crippen molar-refractivity contribution in [2.24, 2.45) is 5.92 Å². The van der Waals surface area contributed by atoms with E-state index in [9.17, 15) is 4.79 Å². The molecule has 17 heavy (non-hydrogen) atoms. The Balaban J connectivity index is 2.53. The average Bonchev–Trinajstić information content (AvgIpc) is 2.28. The highest BCUT2D eigenvalue weighted by molar-refractivity contribution is 5.93. The van der Waals surface area contributed by atoms with Crippen LogP contribution in [0.1, 0.15) is 30.6 Å². The molecule has 0 atom stereocenters. The Morgan fingerprint density at radius 1 is 1.41 bits per heavy atom. The van der Waals surface area contributed by atoms with Crippen LogP contribution < -0.4 is 5.32 Å². The first kappa shape index (κ1) is 13.5. The predicted octanol–water partition coefficient (Wildman–Crippen LogP) is 2.24. The highest BCUT2D eigenvalue weighted by Crippen LogP contribution is 2.07. The largest absolute Gasteiger partial charge is 0.370 e. The van der Waals surface area contributed by atoms with Crippen molar-refractivity contribution in [2.75, 3.05) is 26.0 Å². The molecule has 1 aromatic heterocycles. The van der Waals surface area contributed by atoms with Crippen LogP contribution in [0.25, 0.3) is 0 Å². The van der Waals surface area contributed by atoms with Crippen LogP contribution >= 0.6 is 0 Å². The maximum atomic E-state index is 11.6. The van der Waals surface area contributed by atoms with Crippen LogP contribution in [0.4, 0.5) is 5.82 Å². The first-order chi connectivity index (χ1) is 8.00. The smallest absolute Gasteiger partial charge is 0.254 e. The number of carbonyl (C=O) groups is 1. The summed E-state index contributed by atoms with van der Waals surface area (Å²) < 4.78 is 0. The summed E-state index contributed by atoms with van der Waals surface area (Å²) in [5, 5.41) is 3.24. The fraction of sp³-hybridized carbons (Fsp3) is 0.538. The van der Waals surface area contributed by atoms with Crippen LogP contribution in [0, 0.1) is 5.92 Å². The highest BCUT2D eigenvalue weighted by Gasteiger charge is 2.07. The predicted molar refractivity (Wildman–Crippen MR) is 70.2 cm³/mol. The molecule has 0 radical (unpaired) electrons. The Kier molecular flexibility index (Phi) is 4.94. The topological polar surface area (TPSA) is 45.2 Å². The molecule has 4 heteroatoms. The third-order valence-corrected chi connectivity index (χ3v) is 2.44. The molecule has 1 heterocycles. The number of aromatic nitrogens is 1. The molecule has 1 N–H and O–H groups in total. The van der Waals surface area contributed by atoms with E-state index in [1.807, 2.05) is 6.07 Å². The van der Waals surface area contributed by atoms with E-state index in [2.05, 4.69) is 24.1 Å². The van der Waals surface area contributed by atoms with Gasteiger partial charge >= 0.3 is 0 Å². The summed E-state index contributed by atoms with van der Waals surface area (Å²) in [6.45, 7) is 5.29. The normalized spacial score (nSPS) is 10.4. The second-order valence-electron chi connectivity index (χ2n) is 4.74. The highest BCUT2D eigenvalue weighted by atomic mass is 16.2. The number of pyridine rings is 1. The van der Waals surface area contributed by atoms with Crippen molar-refractivity contribution in [3.8, 4) is 0 Å². The molecule has 0 saturated carbocycles. The average molecular weight is 235 g/mol. The van der Waals surface area contributed by atoms with E-state index in [0.717, 1.165) is 18.8 Å². The molecule has 0 aliphatic heterocycles. The molecular weight excluding hydrogens is 214 g/mol. The Morgan fingerprint density at radius 2 is 2.12 bits per heavy atom. The van der Waals surface area contributed by atoms with Crippen molar-refractivity contribution in [1.82, 2.24) is 9.88 Å². The van der Waals surface area contributed by atoms with Crippen molar-refractivity contribution in [3.05, 3.63) is 23.9 Å². The summed E-state index contributed by atoms with van der Waals surface area (Å²) in [6.07, 6.45) is 2.72. The number of nitrogens with one attached hydrogen (secondary N) is 1. The maximum Gasteiger partial charge on any atom is 0.254 e. The minimum absolute atomic E-state index is 0.0220. The minimum atomic E-state index is -0.0220. The van der Waals surface area contributed by atoms with Crippen LogP contribution in [0.5, 0.6) is 0 Å². The van der Waals surface area contributed by atoms with Gasteiger partial charge in [0.2, 0.25) is 0 Å². The molecule has 0 spiro atoms. The molecular formula is C13H21N3O. The lowest BCUT2D eigenvalue weighted by molar-refractivity contribution is 0.0827. The minimum Gasteiger partial charge on any atom is -0.370 e. The fourth-order valence-electron chi connectivity index (χ4n) is 1.37. The molecule has 0 bridgehead atoms. The maximum absolute atomic E-state index is 11.6. The van der Waals surface area contributed by atoms with Gasteiger partial charge in [0, 0.05) is 26.8 Å². The molecule has 94 valence electrons. The van der Waals surface area contributed by atoms with Crippen molar-refractivity contribution in [3.63, 3.8) is 0 Å². The molecule has 0 aromatic carbocycles. The van der Waals surface area contributed by atoms with Crippen LogP contribution in [0.2, 0.25) is 0 Å². The van der Waals surface area contributed by atoms with E-state index in [1.54, 1.807) is 31.3 Å². The molecule has 0 fully saturated rings. The Bertz CT molecular complexity index is 357. The summed E-state index contributed by atoms with van der Waals surface area (Å²) in [7, 11) is 3.47. The summed E-state index contributed by atoms with van der Waals surface area (Å²) in [6, 6.07) is 3.64. The van der Waals surface area contributed by atoms with Crippen molar-refractivity contribution in [2.45, 2.75) is 20.3 Å². The van der Waals surface area contributed by atoms with E-state index < -0.39 is 0 Å². The molecule has 1 aromatic rings. The van der Waals surface area contributed by atoms with E-state index in [0.29, 0.717) is 11.5 Å². The van der Waals surface area contributed by atoms with Gasteiger partial charge in [0.15, 0.2) is 0 Å². The third kappa shape index (κ3) is 4.43. The molecule has 4 nitrogen and oxygen atoms in total. The fourth-order valence-corrected chi connectivity index (χ4v) is 1.37. The van der Waals surface area contributed by atoms with E-state index >= 15 is 0 Å². The molecule has 0 aliphatic rings. The summed E-state index contributed by atoms with van der Waals surface area (Å²) in [5.41, 5.74) is 0.615. The second-order valence-corrected chi connectivity index (χ2v) is 4.74. The monoisotopic (exact) mass is 235 g/mol. The lowest BCUT2D eigenvalue weighted by Crippen LogP contribution is -2.21. The summed E-state index contributed by atoms with van der Waals surface area (Å²) in [4.78, 5) is 17.4. The lowest BCUT2D eigenvalue weighted by Gasteiger charge is -2.11. The van der Waals surface area contributed by atoms with Gasteiger partial charge in [-0.1, -0.05) is 13.8 Å². The molecule has 0 unspecified atom stereocenters. The first-order valence-electron chi connectivity index (χ1n) is 5.92. The Labute approximate surface area is 103 Å². The second kappa shape index (κ2) is 6.23. The summed E-state index contributed by atoms with van der Waals surface area (Å²) >= 11 is 0. The SMILES string of the molecule is CC(C)CCNc1ccc(C(=O)N(C)C)cn1. The standard InChI is InChI=1S/C13H21N3O/c1-10(2)7-8-14-12-6-5-11(9-15-12)13(17)16(3)4/h5-6,9-10H,7-8H2,1-4H3,(H,14,15). The van der Waals surface area contributed by atoms with Crippen LogP contribution in [-0.4, -0.2) is 36.4 Å². The number of rotatable bonds is 5. The van der Waals surface area contributed by atoms with Crippen molar-refractivity contribution >= 4 is 11.7 Å². The molecule has 0 aliphatic carbocycles. The number of carbonyl (C=O) groups excluding carboxylic acids is 1. The number of hydrogen-bond acceptors (Lipinski definition) is 3. The number of hydrogen-bond donors (Lipinski definition) is 1. The quantitative estimate of drug-likeness (QED) is 0.851. The lowest BCUT2D eigenvalue weighted by atomic mass is 10.1. The van der Waals surface area contributed by atoms with Crippen LogP contribution in [-0.2, 0) is 0 Å². The van der Waals surface area contributed by atoms with E-state index in [-0.39, 0.29) is 5.91 Å². The zero-order valence-electron chi connectivity index (χ0n) is 11.0. The number of nitrogens with zero attached hydrogens (tertiary/aromatic N) is 2. The van der Waals surface area contributed by atoms with Gasteiger partial charge in [-0.25, -0.2) is 4.98 Å². The van der Waals surface area contributed by atoms with Crippen LogP contribution in [0.15, 0.2) is 18.3 Å². The Morgan fingerprint density at radius 3 is 2.59 bits per heavy atom. The summed E-state index contributed by atoms with van der Waals surface area (Å²) in [5.74, 6) is 1.48. The van der Waals surface area contributed by atoms with Crippen LogP contribution in [0.3, 0.4) is 0 Å².